The van der Waals surface area contributed by atoms with Gasteiger partial charge in [0.2, 0.25) is 0 Å². The molecule has 0 spiro atoms. The van der Waals surface area contributed by atoms with Crippen LogP contribution in [0.5, 0.6) is 23.0 Å². The first-order valence-electron chi connectivity index (χ1n) is 12.1. The van der Waals surface area contributed by atoms with Crippen molar-refractivity contribution in [3.63, 3.8) is 0 Å². The normalized spacial score (nSPS) is 18.0. The monoisotopic (exact) mass is 525 g/mol. The molecule has 3 heterocycles. The summed E-state index contributed by atoms with van der Waals surface area (Å²) in [6.45, 7) is 1.05. The average molecular weight is 526 g/mol. The fraction of sp³-hybridized carbons (Fsp3) is 0.133. The van der Waals surface area contributed by atoms with Crippen molar-refractivity contribution < 1.29 is 28.9 Å². The third-order valence-electron chi connectivity index (χ3n) is 6.41. The molecule has 2 aliphatic rings. The predicted octanol–water partition coefficient (Wildman–Crippen LogP) is 5.93. The summed E-state index contributed by atoms with van der Waals surface area (Å²) in [7, 11) is 0. The number of hydrogen-bond acceptors (Lipinski definition) is 7. The number of aliphatic hydroxyl groups is 1. The number of Topliss-reactive ketones (excluding diaryl/α,β-unsaturated/α-hetero) is 1. The lowest BCUT2D eigenvalue weighted by molar-refractivity contribution is -0.140. The van der Waals surface area contributed by atoms with Crippen LogP contribution in [0.15, 0.2) is 95.9 Å². The Balaban J connectivity index is 1.45. The highest BCUT2D eigenvalue weighted by Crippen LogP contribution is 2.43. The molecule has 0 saturated carbocycles. The average Bonchev–Trinajstić information content (AvgIpc) is 3.55. The Labute approximate surface area is 223 Å². The minimum atomic E-state index is -0.815. The van der Waals surface area contributed by atoms with E-state index >= 15 is 0 Å². The maximum absolute atomic E-state index is 13.4. The zero-order chi connectivity index (χ0) is 26.1. The third kappa shape index (κ3) is 4.50. The Morgan fingerprint density at radius 2 is 1.68 bits per heavy atom. The van der Waals surface area contributed by atoms with Gasteiger partial charge < -0.3 is 24.2 Å². The highest BCUT2D eigenvalue weighted by Gasteiger charge is 2.46. The van der Waals surface area contributed by atoms with Crippen LogP contribution in [-0.4, -0.2) is 34.9 Å². The molecule has 8 heteroatoms. The van der Waals surface area contributed by atoms with Gasteiger partial charge in [0.25, 0.3) is 11.7 Å². The van der Waals surface area contributed by atoms with Gasteiger partial charge in [-0.3, -0.25) is 9.59 Å². The van der Waals surface area contributed by atoms with Crippen molar-refractivity contribution >= 4 is 28.8 Å². The minimum Gasteiger partial charge on any atom is -0.507 e. The number of ether oxygens (including phenoxy) is 3. The van der Waals surface area contributed by atoms with Crippen molar-refractivity contribution in [1.29, 1.82) is 0 Å². The number of nitrogens with zero attached hydrogens (tertiary/aromatic N) is 1. The number of likely N-dealkylation sites (tertiary alicyclic amines) is 1. The summed E-state index contributed by atoms with van der Waals surface area (Å²) in [5, 5.41) is 13.4. The molecule has 3 aromatic carbocycles. The Hall–Kier alpha value is -4.56. The van der Waals surface area contributed by atoms with E-state index in [1.165, 1.54) is 16.2 Å². The number of rotatable bonds is 6. The molecular weight excluding hydrogens is 502 g/mol. The van der Waals surface area contributed by atoms with Crippen molar-refractivity contribution in [3.05, 3.63) is 112 Å². The molecule has 6 rings (SSSR count). The summed E-state index contributed by atoms with van der Waals surface area (Å²) in [5.74, 6) is 0.568. The van der Waals surface area contributed by atoms with Crippen molar-refractivity contribution in [2.45, 2.75) is 12.6 Å². The SMILES string of the molecule is O=C1C(=O)N(Cc2cccs2)C(c2cccc(Oc3ccccc3)c2)/C1=C(/O)c1ccc2c(c1)OCCO2. The summed E-state index contributed by atoms with van der Waals surface area (Å²) < 4.78 is 17.3. The van der Waals surface area contributed by atoms with Crippen LogP contribution in [0.2, 0.25) is 0 Å². The molecule has 1 N–H and O–H groups in total. The van der Waals surface area contributed by atoms with E-state index in [1.807, 2.05) is 66.0 Å². The summed E-state index contributed by atoms with van der Waals surface area (Å²) in [4.78, 5) is 29.2. The maximum Gasteiger partial charge on any atom is 0.295 e. The summed E-state index contributed by atoms with van der Waals surface area (Å²) in [6, 6.07) is 24.6. The van der Waals surface area contributed by atoms with Crippen molar-refractivity contribution in [2.75, 3.05) is 13.2 Å². The van der Waals surface area contributed by atoms with E-state index in [-0.39, 0.29) is 17.9 Å². The van der Waals surface area contributed by atoms with E-state index in [1.54, 1.807) is 24.3 Å². The highest BCUT2D eigenvalue weighted by atomic mass is 32.1. The molecule has 1 fully saturated rings. The van der Waals surface area contributed by atoms with E-state index in [0.717, 1.165) is 4.88 Å². The first-order chi connectivity index (χ1) is 18.6. The van der Waals surface area contributed by atoms with E-state index < -0.39 is 17.7 Å². The van der Waals surface area contributed by atoms with Gasteiger partial charge in [-0.2, -0.15) is 0 Å². The minimum absolute atomic E-state index is 0.0140. The number of thiophene rings is 1. The van der Waals surface area contributed by atoms with Crippen LogP contribution in [0, 0.1) is 0 Å². The number of carbonyl (C=O) groups excluding carboxylic acids is 2. The molecule has 4 aromatic rings. The van der Waals surface area contributed by atoms with Crippen LogP contribution in [0.3, 0.4) is 0 Å². The smallest absolute Gasteiger partial charge is 0.295 e. The van der Waals surface area contributed by atoms with Crippen LogP contribution in [0.1, 0.15) is 22.0 Å². The predicted molar refractivity (Wildman–Crippen MR) is 143 cm³/mol. The van der Waals surface area contributed by atoms with Crippen molar-refractivity contribution in [3.8, 4) is 23.0 Å². The number of para-hydroxylation sites is 1. The standard InChI is InChI=1S/C30H23NO6S/c32-28(20-11-12-24-25(17-20)36-14-13-35-24)26-27(31(30(34)29(26)33)18-23-10-5-15-38-23)19-6-4-9-22(16-19)37-21-7-2-1-3-8-21/h1-12,15-17,27,32H,13-14,18H2/b28-26-. The van der Waals surface area contributed by atoms with Crippen molar-refractivity contribution in [1.82, 2.24) is 4.90 Å². The first-order valence-corrected chi connectivity index (χ1v) is 13.0. The number of hydrogen-bond donors (Lipinski definition) is 1. The number of ketones is 1. The van der Waals surface area contributed by atoms with E-state index in [2.05, 4.69) is 0 Å². The van der Waals surface area contributed by atoms with Crippen LogP contribution in [-0.2, 0) is 16.1 Å². The highest BCUT2D eigenvalue weighted by molar-refractivity contribution is 7.09. The van der Waals surface area contributed by atoms with E-state index in [9.17, 15) is 14.7 Å². The molecule has 38 heavy (non-hydrogen) atoms. The van der Waals surface area contributed by atoms with Gasteiger partial charge in [0.05, 0.1) is 18.2 Å². The second kappa shape index (κ2) is 10.1. The fourth-order valence-corrected chi connectivity index (χ4v) is 5.38. The number of fused-ring (bicyclic) bond motifs is 1. The second-order valence-electron chi connectivity index (χ2n) is 8.85. The van der Waals surface area contributed by atoms with E-state index in [0.29, 0.717) is 47.3 Å². The Morgan fingerprint density at radius 1 is 0.895 bits per heavy atom. The van der Waals surface area contributed by atoms with Crippen LogP contribution in [0.4, 0.5) is 0 Å². The second-order valence-corrected chi connectivity index (χ2v) is 9.88. The van der Waals surface area contributed by atoms with E-state index in [4.69, 9.17) is 14.2 Å². The maximum atomic E-state index is 13.4. The fourth-order valence-electron chi connectivity index (χ4n) is 4.68. The summed E-state index contributed by atoms with van der Waals surface area (Å²) in [6.07, 6.45) is 0. The lowest BCUT2D eigenvalue weighted by Crippen LogP contribution is -2.28. The number of benzene rings is 3. The lowest BCUT2D eigenvalue weighted by atomic mass is 9.95. The molecule has 1 unspecified atom stereocenters. The summed E-state index contributed by atoms with van der Waals surface area (Å²) >= 11 is 1.50. The largest absolute Gasteiger partial charge is 0.507 e. The Bertz CT molecular complexity index is 1530. The van der Waals surface area contributed by atoms with Gasteiger partial charge in [0.15, 0.2) is 11.5 Å². The van der Waals surface area contributed by atoms with Crippen molar-refractivity contribution in [2.24, 2.45) is 0 Å². The van der Waals surface area contributed by atoms with Gasteiger partial charge in [-0.25, -0.2) is 0 Å². The number of aliphatic hydroxyl groups excluding tert-OH is 1. The number of carbonyl (C=O) groups is 2. The van der Waals surface area contributed by atoms with Gasteiger partial charge in [-0.1, -0.05) is 36.4 Å². The molecule has 2 aliphatic heterocycles. The molecule has 0 aliphatic carbocycles. The van der Waals surface area contributed by atoms with Gasteiger partial charge in [0.1, 0.15) is 30.5 Å². The van der Waals surface area contributed by atoms with Crippen LogP contribution in [0.25, 0.3) is 5.76 Å². The Kier molecular flexibility index (Phi) is 6.31. The van der Waals surface area contributed by atoms with Gasteiger partial charge >= 0.3 is 0 Å². The molecule has 7 nitrogen and oxygen atoms in total. The van der Waals surface area contributed by atoms with Crippen LogP contribution < -0.4 is 14.2 Å². The molecule has 1 saturated heterocycles. The zero-order valence-corrected chi connectivity index (χ0v) is 21.0. The molecule has 0 radical (unpaired) electrons. The summed E-state index contributed by atoms with van der Waals surface area (Å²) in [5.41, 5.74) is 1.03. The molecule has 1 amide bonds. The van der Waals surface area contributed by atoms with Gasteiger partial charge in [-0.15, -0.1) is 11.3 Å². The third-order valence-corrected chi connectivity index (χ3v) is 7.28. The topological polar surface area (TPSA) is 85.3 Å². The number of amides is 1. The lowest BCUT2D eigenvalue weighted by Gasteiger charge is -2.25. The van der Waals surface area contributed by atoms with Gasteiger partial charge in [-0.05, 0) is 59.5 Å². The Morgan fingerprint density at radius 3 is 2.47 bits per heavy atom. The molecule has 190 valence electrons. The molecule has 1 aromatic heterocycles. The van der Waals surface area contributed by atoms with Crippen LogP contribution >= 0.6 is 11.3 Å². The quantitative estimate of drug-likeness (QED) is 0.191. The molecular formula is C30H23NO6S. The first kappa shape index (κ1) is 23.8. The zero-order valence-electron chi connectivity index (χ0n) is 20.2. The van der Waals surface area contributed by atoms with Gasteiger partial charge in [0, 0.05) is 10.4 Å². The molecule has 1 atom stereocenters. The molecule has 0 bridgehead atoms.